The van der Waals surface area contributed by atoms with E-state index in [1.165, 1.54) is 6.20 Å². The minimum atomic E-state index is -0.508. The van der Waals surface area contributed by atoms with E-state index in [0.29, 0.717) is 16.3 Å². The first kappa shape index (κ1) is 8.66. The van der Waals surface area contributed by atoms with Crippen LogP contribution < -0.4 is 11.1 Å². The van der Waals surface area contributed by atoms with Crippen molar-refractivity contribution >= 4 is 28.7 Å². The molecule has 64 valence electrons. The smallest absolute Gasteiger partial charge is 0.260 e. The van der Waals surface area contributed by atoms with Crippen molar-refractivity contribution in [3.8, 4) is 0 Å². The molecule has 0 aliphatic heterocycles. The van der Waals surface area contributed by atoms with Gasteiger partial charge in [-0.1, -0.05) is 11.3 Å². The highest BCUT2D eigenvalue weighted by Crippen LogP contribution is 2.16. The molecule has 0 spiro atoms. The lowest BCUT2D eigenvalue weighted by molar-refractivity contribution is -0.106. The summed E-state index contributed by atoms with van der Waals surface area (Å²) >= 11 is 1.13. The van der Waals surface area contributed by atoms with Crippen LogP contribution in [0.25, 0.3) is 0 Å². The zero-order valence-corrected chi connectivity index (χ0v) is 6.93. The fourth-order valence-electron chi connectivity index (χ4n) is 0.599. The first-order valence-corrected chi connectivity index (χ1v) is 3.99. The van der Waals surface area contributed by atoms with Gasteiger partial charge in [0.05, 0.1) is 12.7 Å². The maximum Gasteiger partial charge on any atom is 0.260 e. The van der Waals surface area contributed by atoms with E-state index in [2.05, 4.69) is 10.3 Å². The average Bonchev–Trinajstić information content (AvgIpc) is 2.48. The number of hydrogen-bond acceptors (Lipinski definition) is 5. The molecule has 1 aromatic rings. The number of nitrogens with two attached hydrogens (primary N) is 1. The summed E-state index contributed by atoms with van der Waals surface area (Å²) in [6.45, 7) is 0.186. The van der Waals surface area contributed by atoms with Gasteiger partial charge < -0.3 is 15.8 Å². The van der Waals surface area contributed by atoms with Gasteiger partial charge in [-0.25, -0.2) is 4.98 Å². The Kier molecular flexibility index (Phi) is 2.76. The Bertz CT molecular complexity index is 297. The minimum absolute atomic E-state index is 0.186. The predicted octanol–water partition coefficient (Wildman–Crippen LogP) is -0.147. The number of aldehydes is 1. The number of anilines is 1. The van der Waals surface area contributed by atoms with Gasteiger partial charge in [0.1, 0.15) is 11.2 Å². The third-order valence-electron chi connectivity index (χ3n) is 1.09. The highest BCUT2D eigenvalue weighted by Gasteiger charge is 2.05. The first-order valence-electron chi connectivity index (χ1n) is 3.17. The first-order chi connectivity index (χ1) is 5.74. The molecule has 5 nitrogen and oxygen atoms in total. The fourth-order valence-corrected chi connectivity index (χ4v) is 1.27. The van der Waals surface area contributed by atoms with Gasteiger partial charge in [-0.3, -0.25) is 4.79 Å². The topological polar surface area (TPSA) is 85.1 Å². The van der Waals surface area contributed by atoms with E-state index in [1.807, 2.05) is 0 Å². The molecular formula is C6H7N3O2S. The van der Waals surface area contributed by atoms with E-state index in [9.17, 15) is 9.59 Å². The molecule has 0 atom stereocenters. The van der Waals surface area contributed by atoms with Crippen LogP contribution >= 0.6 is 11.3 Å². The number of nitrogens with zero attached hydrogens (tertiary/aromatic N) is 1. The van der Waals surface area contributed by atoms with E-state index in [0.717, 1.165) is 11.3 Å². The van der Waals surface area contributed by atoms with Crippen molar-refractivity contribution in [1.29, 1.82) is 0 Å². The summed E-state index contributed by atoms with van der Waals surface area (Å²) in [7, 11) is 0. The van der Waals surface area contributed by atoms with Crippen LogP contribution in [0.3, 0.4) is 0 Å². The number of primary amides is 1. The Hall–Kier alpha value is -1.43. The van der Waals surface area contributed by atoms with Crippen molar-refractivity contribution in [1.82, 2.24) is 4.98 Å². The minimum Gasteiger partial charge on any atom is -0.365 e. The Morgan fingerprint density at radius 3 is 3.08 bits per heavy atom. The maximum atomic E-state index is 10.6. The molecule has 1 heterocycles. The summed E-state index contributed by atoms with van der Waals surface area (Å²) in [5.74, 6) is -0.508. The lowest BCUT2D eigenvalue weighted by Crippen LogP contribution is -2.08. The van der Waals surface area contributed by atoms with Crippen molar-refractivity contribution in [3.05, 3.63) is 11.1 Å². The van der Waals surface area contributed by atoms with Gasteiger partial charge in [-0.2, -0.15) is 0 Å². The summed E-state index contributed by atoms with van der Waals surface area (Å²) in [5, 5.41) is 3.23. The second kappa shape index (κ2) is 3.82. The second-order valence-corrected chi connectivity index (χ2v) is 2.97. The quantitative estimate of drug-likeness (QED) is 0.639. The maximum absolute atomic E-state index is 10.6. The van der Waals surface area contributed by atoms with E-state index in [4.69, 9.17) is 5.73 Å². The summed E-state index contributed by atoms with van der Waals surface area (Å²) in [6.07, 6.45) is 2.09. The van der Waals surface area contributed by atoms with Crippen molar-refractivity contribution < 1.29 is 9.59 Å². The zero-order chi connectivity index (χ0) is 8.97. The number of carbonyl (C=O) groups excluding carboxylic acids is 2. The third-order valence-corrected chi connectivity index (χ3v) is 2.05. The molecule has 0 saturated carbocycles. The molecular weight excluding hydrogens is 178 g/mol. The predicted molar refractivity (Wildman–Crippen MR) is 45.2 cm³/mol. The molecule has 0 saturated heterocycles. The molecule has 0 aromatic carbocycles. The standard InChI is InChI=1S/C6H7N3O2S/c7-5(11)4-3-9-6(12-4)8-1-2-10/h2-3H,1H2,(H2,7,11)(H,8,9). The number of carbonyl (C=O) groups is 2. The largest absolute Gasteiger partial charge is 0.365 e. The van der Waals surface area contributed by atoms with Gasteiger partial charge in [0.2, 0.25) is 0 Å². The number of amides is 1. The van der Waals surface area contributed by atoms with Crippen LogP contribution in [0.5, 0.6) is 0 Å². The molecule has 0 aliphatic carbocycles. The van der Waals surface area contributed by atoms with Crippen LogP contribution in [0.1, 0.15) is 9.67 Å². The van der Waals surface area contributed by atoms with Gasteiger partial charge in [0, 0.05) is 0 Å². The van der Waals surface area contributed by atoms with Gasteiger partial charge in [-0.05, 0) is 0 Å². The summed E-state index contributed by atoms with van der Waals surface area (Å²) in [6, 6.07) is 0. The van der Waals surface area contributed by atoms with Crippen LogP contribution in [0.4, 0.5) is 5.13 Å². The van der Waals surface area contributed by atoms with Crippen LogP contribution in [-0.4, -0.2) is 23.7 Å². The number of rotatable bonds is 4. The lowest BCUT2D eigenvalue weighted by atomic mass is 10.5. The van der Waals surface area contributed by atoms with Crippen LogP contribution in [0.2, 0.25) is 0 Å². The van der Waals surface area contributed by atoms with Crippen LogP contribution in [0, 0.1) is 0 Å². The molecule has 0 radical (unpaired) electrons. The molecule has 3 N–H and O–H groups in total. The molecule has 12 heavy (non-hydrogen) atoms. The zero-order valence-electron chi connectivity index (χ0n) is 6.11. The highest BCUT2D eigenvalue weighted by atomic mass is 32.1. The van der Waals surface area contributed by atoms with Gasteiger partial charge >= 0.3 is 0 Å². The van der Waals surface area contributed by atoms with E-state index in [-0.39, 0.29) is 6.54 Å². The Labute approximate surface area is 72.6 Å². The van der Waals surface area contributed by atoms with Crippen molar-refractivity contribution in [2.75, 3.05) is 11.9 Å². The van der Waals surface area contributed by atoms with Gasteiger partial charge in [-0.15, -0.1) is 0 Å². The monoisotopic (exact) mass is 185 g/mol. The lowest BCUT2D eigenvalue weighted by Gasteiger charge is -1.91. The molecule has 0 unspecified atom stereocenters. The average molecular weight is 185 g/mol. The van der Waals surface area contributed by atoms with E-state index < -0.39 is 5.91 Å². The Morgan fingerprint density at radius 1 is 1.83 bits per heavy atom. The number of hydrogen-bond donors (Lipinski definition) is 2. The molecule has 6 heteroatoms. The fraction of sp³-hybridized carbons (Fsp3) is 0.167. The van der Waals surface area contributed by atoms with Crippen molar-refractivity contribution in [2.24, 2.45) is 5.73 Å². The number of nitrogens with one attached hydrogen (secondary N) is 1. The van der Waals surface area contributed by atoms with Crippen molar-refractivity contribution in [2.45, 2.75) is 0 Å². The second-order valence-electron chi connectivity index (χ2n) is 1.94. The molecule has 1 aromatic heterocycles. The molecule has 0 aliphatic rings. The Balaban J connectivity index is 2.64. The van der Waals surface area contributed by atoms with Gasteiger partial charge in [0.25, 0.3) is 5.91 Å². The third kappa shape index (κ3) is 2.03. The number of thiazole rings is 1. The number of aromatic nitrogens is 1. The summed E-state index contributed by atoms with van der Waals surface area (Å²) in [4.78, 5) is 24.7. The SMILES string of the molecule is NC(=O)c1cnc(NCC=O)s1. The summed E-state index contributed by atoms with van der Waals surface area (Å²) in [5.41, 5.74) is 4.99. The van der Waals surface area contributed by atoms with Crippen molar-refractivity contribution in [3.63, 3.8) is 0 Å². The Morgan fingerprint density at radius 2 is 2.58 bits per heavy atom. The molecule has 1 amide bonds. The molecule has 0 bridgehead atoms. The normalized spacial score (nSPS) is 9.33. The van der Waals surface area contributed by atoms with Crippen LogP contribution in [-0.2, 0) is 4.79 Å². The molecule has 0 fully saturated rings. The van der Waals surface area contributed by atoms with E-state index >= 15 is 0 Å². The van der Waals surface area contributed by atoms with E-state index in [1.54, 1.807) is 0 Å². The summed E-state index contributed by atoms with van der Waals surface area (Å²) < 4.78 is 0. The van der Waals surface area contributed by atoms with Gasteiger partial charge in [0.15, 0.2) is 5.13 Å². The van der Waals surface area contributed by atoms with Crippen LogP contribution in [0.15, 0.2) is 6.20 Å². The molecule has 1 rings (SSSR count). The highest BCUT2D eigenvalue weighted by molar-refractivity contribution is 7.17.